The van der Waals surface area contributed by atoms with Crippen LogP contribution in [0, 0.1) is 0 Å². The maximum absolute atomic E-state index is 15.7. The van der Waals surface area contributed by atoms with Crippen molar-refractivity contribution in [1.29, 1.82) is 0 Å². The summed E-state index contributed by atoms with van der Waals surface area (Å²) in [6.07, 6.45) is -4.42. The quantitative estimate of drug-likeness (QED) is 0.165. The number of rotatable bonds is 14. The molecule has 1 aliphatic rings. The highest BCUT2D eigenvalue weighted by Crippen LogP contribution is 2.48. The number of aliphatic hydroxyl groups excluding tert-OH is 1. The fraction of sp³-hybridized carbons (Fsp3) is 0.406. The van der Waals surface area contributed by atoms with E-state index in [1.807, 2.05) is 4.98 Å². The summed E-state index contributed by atoms with van der Waals surface area (Å²) in [5.41, 5.74) is -2.17. The maximum atomic E-state index is 15.7. The van der Waals surface area contributed by atoms with Crippen molar-refractivity contribution in [1.82, 2.24) is 14.6 Å². The average Bonchev–Trinajstić information content (AvgIpc) is 3.26. The third-order valence-electron chi connectivity index (χ3n) is 7.42. The zero-order valence-corrected chi connectivity index (χ0v) is 28.2. The Hall–Kier alpha value is -4.27. The van der Waals surface area contributed by atoms with Crippen LogP contribution in [0.25, 0.3) is 5.57 Å². The fourth-order valence-corrected chi connectivity index (χ4v) is 6.35. The predicted molar refractivity (Wildman–Crippen MR) is 173 cm³/mol. The number of methoxy groups -OCH3 is 2. The van der Waals surface area contributed by atoms with Crippen LogP contribution >= 0.6 is 7.75 Å². The molecule has 260 valence electrons. The molecule has 48 heavy (non-hydrogen) atoms. The van der Waals surface area contributed by atoms with E-state index in [-0.39, 0.29) is 5.75 Å². The van der Waals surface area contributed by atoms with E-state index in [1.165, 1.54) is 33.3 Å². The van der Waals surface area contributed by atoms with Gasteiger partial charge in [0, 0.05) is 18.3 Å². The molecule has 1 aromatic heterocycles. The lowest BCUT2D eigenvalue weighted by Gasteiger charge is -2.25. The number of H-pyrrole nitrogens is 1. The molecule has 0 aliphatic carbocycles. The molecule has 0 bridgehead atoms. The third kappa shape index (κ3) is 8.41. The van der Waals surface area contributed by atoms with Gasteiger partial charge >= 0.3 is 19.4 Å². The molecule has 1 fully saturated rings. The number of aliphatic hydroxyl groups is 1. The molecule has 6 atom stereocenters. The Morgan fingerprint density at radius 1 is 1.08 bits per heavy atom. The number of ether oxygens (including phenoxy) is 4. The number of nitrogens with zero attached hydrogens (tertiary/aromatic N) is 1. The van der Waals surface area contributed by atoms with Crippen molar-refractivity contribution in [3.05, 3.63) is 93.3 Å². The van der Waals surface area contributed by atoms with Gasteiger partial charge in [-0.05, 0) is 68.7 Å². The van der Waals surface area contributed by atoms with Crippen LogP contribution in [0.15, 0.2) is 70.9 Å². The minimum absolute atomic E-state index is 0.0657. The molecular formula is C32H39FN3O11P. The Bertz CT molecular complexity index is 1770. The molecule has 1 unspecified atom stereocenters. The molecule has 3 aromatic rings. The van der Waals surface area contributed by atoms with Gasteiger partial charge in [-0.15, -0.1) is 0 Å². The summed E-state index contributed by atoms with van der Waals surface area (Å²) in [7, 11) is -1.41. The number of aromatic nitrogens is 2. The molecule has 2 aromatic carbocycles. The van der Waals surface area contributed by atoms with E-state index in [0.717, 1.165) is 29.3 Å². The second kappa shape index (κ2) is 14.9. The maximum Gasteiger partial charge on any atom is 0.459 e. The Balaban J connectivity index is 1.56. The van der Waals surface area contributed by atoms with Crippen molar-refractivity contribution in [3.8, 4) is 17.2 Å². The molecule has 0 saturated carbocycles. The number of halogens is 1. The summed E-state index contributed by atoms with van der Waals surface area (Å²) in [5.74, 6) is 0.460. The van der Waals surface area contributed by atoms with Crippen LogP contribution < -0.4 is 30.3 Å². The highest BCUT2D eigenvalue weighted by Gasteiger charge is 2.56. The lowest BCUT2D eigenvalue weighted by Crippen LogP contribution is -2.43. The number of aromatic amines is 1. The van der Waals surface area contributed by atoms with Crippen LogP contribution in [-0.4, -0.2) is 71.5 Å². The van der Waals surface area contributed by atoms with Gasteiger partial charge in [-0.25, -0.2) is 13.8 Å². The molecule has 0 radical (unpaired) electrons. The lowest BCUT2D eigenvalue weighted by atomic mass is 9.98. The predicted octanol–water partition coefficient (Wildman–Crippen LogP) is 3.74. The van der Waals surface area contributed by atoms with Crippen LogP contribution in [0.1, 0.15) is 45.0 Å². The van der Waals surface area contributed by atoms with Crippen LogP contribution in [0.3, 0.4) is 0 Å². The molecule has 3 N–H and O–H groups in total. The van der Waals surface area contributed by atoms with Gasteiger partial charge in [0.25, 0.3) is 5.56 Å². The molecule has 4 rings (SSSR count). The van der Waals surface area contributed by atoms with E-state index >= 15 is 4.39 Å². The average molecular weight is 692 g/mol. The zero-order chi connectivity index (χ0) is 35.4. The van der Waals surface area contributed by atoms with Crippen LogP contribution in [0.4, 0.5) is 4.39 Å². The van der Waals surface area contributed by atoms with Gasteiger partial charge in [0.15, 0.2) is 11.9 Å². The lowest BCUT2D eigenvalue weighted by molar-refractivity contribution is -0.149. The molecule has 1 aliphatic heterocycles. The number of carbonyl (C=O) groups excluding carboxylic acids is 1. The van der Waals surface area contributed by atoms with Crippen LogP contribution in [-0.2, 0) is 23.4 Å². The van der Waals surface area contributed by atoms with E-state index in [1.54, 1.807) is 44.2 Å². The minimum Gasteiger partial charge on any atom is -0.497 e. The van der Waals surface area contributed by atoms with Crippen molar-refractivity contribution in [2.45, 2.75) is 63.9 Å². The highest BCUT2D eigenvalue weighted by molar-refractivity contribution is 7.52. The third-order valence-corrected chi connectivity index (χ3v) is 9.06. The van der Waals surface area contributed by atoms with Crippen LogP contribution in [0.5, 0.6) is 17.2 Å². The van der Waals surface area contributed by atoms with Crippen molar-refractivity contribution < 1.29 is 46.9 Å². The first-order valence-corrected chi connectivity index (χ1v) is 16.4. The van der Waals surface area contributed by atoms with Crippen molar-refractivity contribution in [2.75, 3.05) is 20.8 Å². The summed E-state index contributed by atoms with van der Waals surface area (Å²) in [5, 5.41) is 13.3. The molecule has 0 spiro atoms. The molecule has 14 nitrogen and oxygen atoms in total. The second-order valence-electron chi connectivity index (χ2n) is 11.5. The van der Waals surface area contributed by atoms with Crippen molar-refractivity contribution in [2.24, 2.45) is 0 Å². The number of benzene rings is 2. The number of hydrogen-bond acceptors (Lipinski definition) is 11. The molecule has 0 amide bonds. The van der Waals surface area contributed by atoms with Gasteiger partial charge < -0.3 is 28.6 Å². The van der Waals surface area contributed by atoms with Crippen molar-refractivity contribution >= 4 is 19.3 Å². The highest BCUT2D eigenvalue weighted by atomic mass is 31.2. The summed E-state index contributed by atoms with van der Waals surface area (Å²) in [4.78, 5) is 38.4. The standard InChI is InChI=1S/C32H39FN3O11P/c1-18(2)45-29(39)20(4)35-48(41,44-17-26-28(38)32(5,33)30(46-26)36-13-12-27(37)34-31(36)40)47-23-10-8-21(9-11-23)19(3)22-14-24(42-6)16-25(15-22)43-7/h8-16,18,20,26,28,30,38H,3,17H2,1-2,4-7H3,(H,35,41)(H,34,37,40)/t20-,26+,28+,30+,32+,48?/m0/s1. The summed E-state index contributed by atoms with van der Waals surface area (Å²) in [6, 6.07) is 11.4. The number of hydrogen-bond donors (Lipinski definition) is 3. The number of esters is 1. The first-order valence-electron chi connectivity index (χ1n) is 14.9. The number of alkyl halides is 1. The van der Waals surface area contributed by atoms with E-state index in [4.69, 9.17) is 28.0 Å². The van der Waals surface area contributed by atoms with Gasteiger partial charge in [-0.1, -0.05) is 18.7 Å². The normalized spacial score (nSPS) is 22.5. The van der Waals surface area contributed by atoms with E-state index in [2.05, 4.69) is 11.7 Å². The topological polar surface area (TPSA) is 177 Å². The van der Waals surface area contributed by atoms with E-state index < -0.39 is 67.8 Å². The summed E-state index contributed by atoms with van der Waals surface area (Å²) < 4.78 is 63.5. The molecule has 16 heteroatoms. The first-order chi connectivity index (χ1) is 22.6. The molecular weight excluding hydrogens is 652 g/mol. The zero-order valence-electron chi connectivity index (χ0n) is 27.3. The first kappa shape index (κ1) is 36.6. The Kier molecular flexibility index (Phi) is 11.3. The SMILES string of the molecule is C=C(c1ccc(OP(=O)(N[C@@H](C)C(=O)OC(C)C)OC[C@H]2O[C@@H](n3ccc(=O)[nH]c3=O)[C@](C)(F)[C@@H]2O)cc1)c1cc(OC)cc(OC)c1. The van der Waals surface area contributed by atoms with Gasteiger partial charge in [-0.2, -0.15) is 5.09 Å². The Morgan fingerprint density at radius 3 is 2.27 bits per heavy atom. The monoisotopic (exact) mass is 691 g/mol. The molecule has 1 saturated heterocycles. The van der Waals surface area contributed by atoms with Crippen molar-refractivity contribution in [3.63, 3.8) is 0 Å². The summed E-state index contributed by atoms with van der Waals surface area (Å²) >= 11 is 0. The molecule has 2 heterocycles. The van der Waals surface area contributed by atoms with Gasteiger partial charge in [0.05, 0.1) is 26.9 Å². The largest absolute Gasteiger partial charge is 0.497 e. The van der Waals surface area contributed by atoms with E-state index in [9.17, 15) is 24.1 Å². The van der Waals surface area contributed by atoms with Crippen LogP contribution in [0.2, 0.25) is 0 Å². The van der Waals surface area contributed by atoms with Gasteiger partial charge in [-0.3, -0.25) is 23.7 Å². The number of nitrogens with one attached hydrogen (secondary N) is 2. The van der Waals surface area contributed by atoms with E-state index in [0.29, 0.717) is 22.6 Å². The fourth-order valence-electron chi connectivity index (χ4n) is 4.85. The Labute approximate surface area is 276 Å². The second-order valence-corrected chi connectivity index (χ2v) is 13.2. The van der Waals surface area contributed by atoms with Gasteiger partial charge in [0.1, 0.15) is 35.5 Å². The number of carbonyl (C=O) groups is 1. The Morgan fingerprint density at radius 2 is 1.71 bits per heavy atom. The minimum atomic E-state index is -4.48. The smallest absolute Gasteiger partial charge is 0.459 e. The summed E-state index contributed by atoms with van der Waals surface area (Å²) in [6.45, 7) is 9.15. The van der Waals surface area contributed by atoms with Gasteiger partial charge in [0.2, 0.25) is 0 Å².